The van der Waals surface area contributed by atoms with Gasteiger partial charge in [-0.2, -0.15) is 0 Å². The van der Waals surface area contributed by atoms with E-state index in [2.05, 4.69) is 4.98 Å². The highest BCUT2D eigenvalue weighted by Crippen LogP contribution is 2.27. The Balaban J connectivity index is 2.03. The first-order valence-electron chi connectivity index (χ1n) is 6.18. The minimum Gasteiger partial charge on any atom is -0.312 e. The third-order valence-corrected chi connectivity index (χ3v) is 4.53. The molecule has 0 spiro atoms. The molecule has 0 amide bonds. The Morgan fingerprint density at radius 2 is 1.90 bits per heavy atom. The molecule has 0 radical (unpaired) electrons. The first-order chi connectivity index (χ1) is 9.95. The number of para-hydroxylation sites is 1. The normalized spacial score (nSPS) is 15.8. The molecule has 2 heterocycles. The maximum absolute atomic E-state index is 11.5. The van der Waals surface area contributed by atoms with E-state index in [9.17, 15) is 8.42 Å². The zero-order chi connectivity index (χ0) is 15.0. The lowest BCUT2D eigenvalue weighted by Gasteiger charge is -2.26. The molecular formula is C14H12ClN3O2S. The lowest BCUT2D eigenvalue weighted by molar-refractivity contribution is 0.602. The number of aromatic nitrogens is 1. The third-order valence-electron chi connectivity index (χ3n) is 3.20. The van der Waals surface area contributed by atoms with Crippen LogP contribution in [0.3, 0.4) is 0 Å². The number of anilines is 1. The van der Waals surface area contributed by atoms with Gasteiger partial charge in [-0.25, -0.2) is 18.5 Å². The summed E-state index contributed by atoms with van der Waals surface area (Å²) < 4.78 is 22.9. The molecule has 5 nitrogen and oxygen atoms in total. The van der Waals surface area contributed by atoms with Crippen molar-refractivity contribution in [3.63, 3.8) is 0 Å². The lowest BCUT2D eigenvalue weighted by atomic mass is 10.2. The van der Waals surface area contributed by atoms with Crippen LogP contribution in [0, 0.1) is 0 Å². The quantitative estimate of drug-likeness (QED) is 0.861. The van der Waals surface area contributed by atoms with E-state index in [0.29, 0.717) is 11.0 Å². The van der Waals surface area contributed by atoms with Crippen LogP contribution in [-0.4, -0.2) is 19.9 Å². The van der Waals surface area contributed by atoms with Gasteiger partial charge in [-0.1, -0.05) is 29.8 Å². The van der Waals surface area contributed by atoms with Crippen molar-refractivity contribution in [1.29, 1.82) is 0 Å². The zero-order valence-electron chi connectivity index (χ0n) is 10.9. The first-order valence-corrected chi connectivity index (χ1v) is 8.10. The standard InChI is InChI=1S/C14H12ClN3O2S/c15-13-7-6-11(21(16,19)20)9-18(13)14-8-5-10-3-1-2-4-12(10)17-14/h1-8H,9H2,(H2,16,19,20). The molecule has 108 valence electrons. The summed E-state index contributed by atoms with van der Waals surface area (Å²) in [5.74, 6) is 0.573. The Bertz CT molecular complexity index is 875. The average molecular weight is 322 g/mol. The molecule has 21 heavy (non-hydrogen) atoms. The highest BCUT2D eigenvalue weighted by Gasteiger charge is 2.22. The molecule has 0 fully saturated rings. The van der Waals surface area contributed by atoms with Crippen LogP contribution >= 0.6 is 11.6 Å². The second kappa shape index (κ2) is 5.14. The van der Waals surface area contributed by atoms with Gasteiger partial charge in [0.05, 0.1) is 17.0 Å². The summed E-state index contributed by atoms with van der Waals surface area (Å²) in [5.41, 5.74) is 0.811. The Labute approximate surface area is 127 Å². The Morgan fingerprint density at radius 1 is 1.14 bits per heavy atom. The average Bonchev–Trinajstić information content (AvgIpc) is 2.46. The molecule has 0 saturated heterocycles. The number of nitrogens with zero attached hydrogens (tertiary/aromatic N) is 2. The SMILES string of the molecule is NS(=O)(=O)C1=CC=C(Cl)N(c2ccc3ccccc3n2)C1. The molecular weight excluding hydrogens is 310 g/mol. The highest BCUT2D eigenvalue weighted by atomic mass is 35.5. The van der Waals surface area contributed by atoms with Crippen LogP contribution in [0.5, 0.6) is 0 Å². The largest absolute Gasteiger partial charge is 0.312 e. The van der Waals surface area contributed by atoms with E-state index in [1.54, 1.807) is 11.0 Å². The number of rotatable bonds is 2. The number of hydrogen-bond acceptors (Lipinski definition) is 4. The van der Waals surface area contributed by atoms with Crippen molar-refractivity contribution < 1.29 is 8.42 Å². The van der Waals surface area contributed by atoms with Crippen molar-refractivity contribution in [3.8, 4) is 0 Å². The van der Waals surface area contributed by atoms with E-state index >= 15 is 0 Å². The number of halogens is 1. The highest BCUT2D eigenvalue weighted by molar-refractivity contribution is 7.93. The summed E-state index contributed by atoms with van der Waals surface area (Å²) in [6, 6.07) is 11.4. The van der Waals surface area contributed by atoms with Gasteiger partial charge >= 0.3 is 0 Å². The summed E-state index contributed by atoms with van der Waals surface area (Å²) in [7, 11) is -3.74. The van der Waals surface area contributed by atoms with Crippen molar-refractivity contribution >= 4 is 38.3 Å². The number of primary sulfonamides is 1. The van der Waals surface area contributed by atoms with Gasteiger partial charge in [-0.3, -0.25) is 0 Å². The number of sulfonamides is 1. The van der Waals surface area contributed by atoms with Gasteiger partial charge in [0.15, 0.2) is 0 Å². The molecule has 1 aromatic heterocycles. The predicted molar refractivity (Wildman–Crippen MR) is 84.2 cm³/mol. The number of nitrogens with two attached hydrogens (primary N) is 1. The van der Waals surface area contributed by atoms with Crippen LogP contribution in [0.4, 0.5) is 5.82 Å². The Hall–Kier alpha value is -1.89. The van der Waals surface area contributed by atoms with Gasteiger partial charge < -0.3 is 4.90 Å². The van der Waals surface area contributed by atoms with Crippen LogP contribution in [0.15, 0.2) is 58.6 Å². The molecule has 0 atom stereocenters. The minimum atomic E-state index is -3.74. The summed E-state index contributed by atoms with van der Waals surface area (Å²) in [4.78, 5) is 6.21. The van der Waals surface area contributed by atoms with E-state index < -0.39 is 10.0 Å². The minimum absolute atomic E-state index is 0.0690. The molecule has 0 saturated carbocycles. The molecule has 0 bridgehead atoms. The number of hydrogen-bond donors (Lipinski definition) is 1. The molecule has 1 aliphatic rings. The maximum Gasteiger partial charge on any atom is 0.235 e. The zero-order valence-corrected chi connectivity index (χ0v) is 12.5. The molecule has 0 unspecified atom stereocenters. The summed E-state index contributed by atoms with van der Waals surface area (Å²) in [6.07, 6.45) is 2.91. The van der Waals surface area contributed by atoms with Crippen molar-refractivity contribution in [2.24, 2.45) is 5.14 Å². The van der Waals surface area contributed by atoms with Gasteiger partial charge in [0.25, 0.3) is 0 Å². The van der Waals surface area contributed by atoms with Crippen LogP contribution in [-0.2, 0) is 10.0 Å². The van der Waals surface area contributed by atoms with Crippen molar-refractivity contribution in [2.75, 3.05) is 11.4 Å². The van der Waals surface area contributed by atoms with Gasteiger partial charge in [-0.15, -0.1) is 0 Å². The lowest BCUT2D eigenvalue weighted by Crippen LogP contribution is -2.31. The van der Waals surface area contributed by atoms with E-state index in [1.807, 2.05) is 30.3 Å². The van der Waals surface area contributed by atoms with Crippen LogP contribution in [0.25, 0.3) is 10.9 Å². The number of fused-ring (bicyclic) bond motifs is 1. The topological polar surface area (TPSA) is 76.3 Å². The molecule has 7 heteroatoms. The second-order valence-electron chi connectivity index (χ2n) is 4.62. The van der Waals surface area contributed by atoms with E-state index in [0.717, 1.165) is 10.9 Å². The predicted octanol–water partition coefficient (Wildman–Crippen LogP) is 2.31. The van der Waals surface area contributed by atoms with E-state index in [4.69, 9.17) is 16.7 Å². The molecule has 1 aliphatic heterocycles. The summed E-state index contributed by atoms with van der Waals surface area (Å²) in [5, 5.41) is 6.57. The fourth-order valence-corrected chi connectivity index (χ4v) is 2.89. The van der Waals surface area contributed by atoms with Gasteiger partial charge in [-0.05, 0) is 30.4 Å². The maximum atomic E-state index is 11.5. The van der Waals surface area contributed by atoms with Gasteiger partial charge in [0.1, 0.15) is 11.0 Å². The smallest absolute Gasteiger partial charge is 0.235 e. The molecule has 0 aliphatic carbocycles. The molecule has 2 aromatic rings. The fraction of sp³-hybridized carbons (Fsp3) is 0.0714. The Morgan fingerprint density at radius 3 is 2.67 bits per heavy atom. The third kappa shape index (κ3) is 2.78. The number of benzene rings is 1. The van der Waals surface area contributed by atoms with Gasteiger partial charge in [0.2, 0.25) is 10.0 Å². The first kappa shape index (κ1) is 14.1. The molecule has 3 rings (SSSR count). The van der Waals surface area contributed by atoms with Gasteiger partial charge in [0, 0.05) is 5.39 Å². The molecule has 2 N–H and O–H groups in total. The van der Waals surface area contributed by atoms with Crippen LogP contribution in [0.1, 0.15) is 0 Å². The summed E-state index contributed by atoms with van der Waals surface area (Å²) in [6.45, 7) is 0.0690. The monoisotopic (exact) mass is 321 g/mol. The van der Waals surface area contributed by atoms with Crippen LogP contribution in [0.2, 0.25) is 0 Å². The summed E-state index contributed by atoms with van der Waals surface area (Å²) >= 11 is 6.15. The fourth-order valence-electron chi connectivity index (χ4n) is 2.12. The van der Waals surface area contributed by atoms with Crippen molar-refractivity contribution in [3.05, 3.63) is 58.6 Å². The van der Waals surface area contributed by atoms with E-state index in [-0.39, 0.29) is 11.4 Å². The molecule has 1 aromatic carbocycles. The number of allylic oxidation sites excluding steroid dienone is 2. The second-order valence-corrected chi connectivity index (χ2v) is 6.62. The Kier molecular flexibility index (Phi) is 3.44. The van der Waals surface area contributed by atoms with Crippen LogP contribution < -0.4 is 10.0 Å². The van der Waals surface area contributed by atoms with Crippen molar-refractivity contribution in [2.45, 2.75) is 0 Å². The van der Waals surface area contributed by atoms with Crippen molar-refractivity contribution in [1.82, 2.24) is 4.98 Å². The van der Waals surface area contributed by atoms with E-state index in [1.165, 1.54) is 12.2 Å². The number of pyridine rings is 1.